The highest BCUT2D eigenvalue weighted by Gasteiger charge is 2.13. The van der Waals surface area contributed by atoms with Crippen LogP contribution in [0.15, 0.2) is 17.5 Å². The third-order valence-electron chi connectivity index (χ3n) is 2.13. The molecule has 0 spiro atoms. The molecule has 2 rings (SSSR count). The van der Waals surface area contributed by atoms with Crippen LogP contribution in [-0.2, 0) is 5.33 Å². The number of alkyl halides is 1. The molecule has 0 radical (unpaired) electrons. The summed E-state index contributed by atoms with van der Waals surface area (Å²) in [6.07, 6.45) is 0. The van der Waals surface area contributed by atoms with Crippen molar-refractivity contribution in [2.24, 2.45) is 0 Å². The highest BCUT2D eigenvalue weighted by Crippen LogP contribution is 2.39. The maximum atomic E-state index is 9.74. The number of hydrogen-bond donors (Lipinski definition) is 1. The van der Waals surface area contributed by atoms with E-state index in [1.807, 2.05) is 11.4 Å². The molecule has 1 heterocycles. The van der Waals surface area contributed by atoms with E-state index in [9.17, 15) is 5.11 Å². The molecule has 0 aliphatic carbocycles. The normalized spacial score (nSPS) is 10.7. The summed E-state index contributed by atoms with van der Waals surface area (Å²) in [4.78, 5) is 0. The molecule has 0 amide bonds. The number of phenolic OH excluding ortho intramolecular Hbond substituents is 1. The fraction of sp³-hybridized carbons (Fsp3) is 0.200. The summed E-state index contributed by atoms with van der Waals surface area (Å²) in [5, 5.41) is 13.4. The van der Waals surface area contributed by atoms with Gasteiger partial charge in [0.2, 0.25) is 0 Å². The Kier molecular flexibility index (Phi) is 2.65. The van der Waals surface area contributed by atoms with Gasteiger partial charge in [-0.25, -0.2) is 0 Å². The van der Waals surface area contributed by atoms with Gasteiger partial charge in [0.05, 0.1) is 7.11 Å². The fourth-order valence-corrected chi connectivity index (χ4v) is 2.83. The van der Waals surface area contributed by atoms with E-state index in [4.69, 9.17) is 4.74 Å². The Bertz CT molecular complexity index is 464. The van der Waals surface area contributed by atoms with Crippen LogP contribution in [0.4, 0.5) is 0 Å². The number of thiophene rings is 1. The van der Waals surface area contributed by atoms with Gasteiger partial charge in [-0.1, -0.05) is 15.9 Å². The van der Waals surface area contributed by atoms with Crippen LogP contribution in [0.5, 0.6) is 11.5 Å². The molecular formula is C10H9BrO2S. The molecule has 0 atom stereocenters. The largest absolute Gasteiger partial charge is 0.507 e. The van der Waals surface area contributed by atoms with Gasteiger partial charge in [-0.2, -0.15) is 0 Å². The smallest absolute Gasteiger partial charge is 0.135 e. The predicted molar refractivity (Wildman–Crippen MR) is 62.7 cm³/mol. The van der Waals surface area contributed by atoms with Crippen LogP contribution in [0.2, 0.25) is 0 Å². The first-order chi connectivity index (χ1) is 6.77. The quantitative estimate of drug-likeness (QED) is 0.848. The topological polar surface area (TPSA) is 29.5 Å². The zero-order valence-electron chi connectivity index (χ0n) is 7.58. The molecule has 0 unspecified atom stereocenters. The van der Waals surface area contributed by atoms with Gasteiger partial charge in [-0.3, -0.25) is 0 Å². The second-order valence-corrected chi connectivity index (χ2v) is 4.38. The van der Waals surface area contributed by atoms with Crippen LogP contribution >= 0.6 is 27.3 Å². The van der Waals surface area contributed by atoms with E-state index < -0.39 is 0 Å². The maximum absolute atomic E-state index is 9.74. The van der Waals surface area contributed by atoms with Gasteiger partial charge in [-0.05, 0) is 17.5 Å². The average molecular weight is 273 g/mol. The fourth-order valence-electron chi connectivity index (χ4n) is 1.47. The van der Waals surface area contributed by atoms with Crippen molar-refractivity contribution in [2.45, 2.75) is 5.33 Å². The number of fused-ring (bicyclic) bond motifs is 1. The van der Waals surface area contributed by atoms with Gasteiger partial charge >= 0.3 is 0 Å². The Labute approximate surface area is 94.3 Å². The van der Waals surface area contributed by atoms with E-state index in [0.717, 1.165) is 21.4 Å². The Balaban J connectivity index is 2.82. The number of phenols is 1. The summed E-state index contributed by atoms with van der Waals surface area (Å²) in [6, 6.07) is 3.78. The standard InChI is InChI=1S/C10H9BrO2S/c1-13-10-6-2-3-14-9(6)4-8(12)7(10)5-11/h2-4,12H,5H2,1H3. The monoisotopic (exact) mass is 272 g/mol. The summed E-state index contributed by atoms with van der Waals surface area (Å²) in [5.41, 5.74) is 0.804. The summed E-state index contributed by atoms with van der Waals surface area (Å²) < 4.78 is 6.35. The number of ether oxygens (including phenoxy) is 1. The summed E-state index contributed by atoms with van der Waals surface area (Å²) in [6.45, 7) is 0. The molecule has 1 aromatic heterocycles. The van der Waals surface area contributed by atoms with Gasteiger partial charge in [0.15, 0.2) is 0 Å². The molecule has 4 heteroatoms. The van der Waals surface area contributed by atoms with Crippen molar-refractivity contribution in [1.82, 2.24) is 0 Å². The van der Waals surface area contributed by atoms with Gasteiger partial charge in [-0.15, -0.1) is 11.3 Å². The summed E-state index contributed by atoms with van der Waals surface area (Å²) >= 11 is 4.93. The lowest BCUT2D eigenvalue weighted by molar-refractivity contribution is 0.408. The van der Waals surface area contributed by atoms with Crippen molar-refractivity contribution in [1.29, 1.82) is 0 Å². The lowest BCUT2D eigenvalue weighted by Gasteiger charge is -2.09. The van der Waals surface area contributed by atoms with Crippen LogP contribution in [0.1, 0.15) is 5.56 Å². The van der Waals surface area contributed by atoms with Gasteiger partial charge in [0, 0.05) is 21.0 Å². The first-order valence-electron chi connectivity index (χ1n) is 4.10. The minimum absolute atomic E-state index is 0.286. The third-order valence-corrected chi connectivity index (χ3v) is 3.55. The van der Waals surface area contributed by atoms with E-state index in [1.54, 1.807) is 24.5 Å². The van der Waals surface area contributed by atoms with Crippen LogP contribution < -0.4 is 4.74 Å². The van der Waals surface area contributed by atoms with E-state index in [2.05, 4.69) is 15.9 Å². The molecule has 1 N–H and O–H groups in total. The average Bonchev–Trinajstić information content (AvgIpc) is 2.62. The number of halogens is 1. The summed E-state index contributed by atoms with van der Waals surface area (Å²) in [7, 11) is 1.62. The van der Waals surface area contributed by atoms with Gasteiger partial charge in [0.25, 0.3) is 0 Å². The van der Waals surface area contributed by atoms with Crippen molar-refractivity contribution in [3.05, 3.63) is 23.1 Å². The van der Waals surface area contributed by atoms with Gasteiger partial charge in [0.1, 0.15) is 11.5 Å². The molecule has 0 aliphatic heterocycles. The number of rotatable bonds is 2. The van der Waals surface area contributed by atoms with Crippen molar-refractivity contribution in [3.63, 3.8) is 0 Å². The van der Waals surface area contributed by atoms with Crippen molar-refractivity contribution in [3.8, 4) is 11.5 Å². The lowest BCUT2D eigenvalue weighted by Crippen LogP contribution is -1.90. The Morgan fingerprint density at radius 2 is 2.36 bits per heavy atom. The van der Waals surface area contributed by atoms with E-state index >= 15 is 0 Å². The summed E-state index contributed by atoms with van der Waals surface area (Å²) in [5.74, 6) is 1.05. The molecule has 0 fully saturated rings. The highest BCUT2D eigenvalue weighted by molar-refractivity contribution is 9.08. The van der Waals surface area contributed by atoms with E-state index in [0.29, 0.717) is 5.33 Å². The number of methoxy groups -OCH3 is 1. The molecule has 1 aromatic carbocycles. The molecule has 14 heavy (non-hydrogen) atoms. The zero-order valence-corrected chi connectivity index (χ0v) is 9.98. The molecule has 0 saturated heterocycles. The lowest BCUT2D eigenvalue weighted by atomic mass is 10.1. The van der Waals surface area contributed by atoms with Crippen molar-refractivity contribution in [2.75, 3.05) is 7.11 Å². The molecule has 0 aliphatic rings. The van der Waals surface area contributed by atoms with Crippen LogP contribution in [0, 0.1) is 0 Å². The van der Waals surface area contributed by atoms with Crippen molar-refractivity contribution >= 4 is 37.4 Å². The molecule has 2 aromatic rings. The molecule has 0 bridgehead atoms. The first kappa shape index (κ1) is 9.80. The second kappa shape index (κ2) is 3.79. The first-order valence-corrected chi connectivity index (χ1v) is 6.10. The van der Waals surface area contributed by atoms with Crippen LogP contribution in [0.25, 0.3) is 10.1 Å². The Morgan fingerprint density at radius 1 is 1.57 bits per heavy atom. The Hall–Kier alpha value is -0.740. The molecule has 74 valence electrons. The van der Waals surface area contributed by atoms with Gasteiger partial charge < -0.3 is 9.84 Å². The number of hydrogen-bond acceptors (Lipinski definition) is 3. The molecule has 2 nitrogen and oxygen atoms in total. The SMILES string of the molecule is COc1c(CBr)c(O)cc2sccc12. The zero-order chi connectivity index (χ0) is 10.1. The highest BCUT2D eigenvalue weighted by atomic mass is 79.9. The molecule has 0 saturated carbocycles. The van der Waals surface area contributed by atoms with Crippen molar-refractivity contribution < 1.29 is 9.84 Å². The number of aromatic hydroxyl groups is 1. The van der Waals surface area contributed by atoms with E-state index in [1.165, 1.54) is 0 Å². The second-order valence-electron chi connectivity index (χ2n) is 2.87. The number of benzene rings is 1. The predicted octanol–water partition coefficient (Wildman–Crippen LogP) is 3.51. The maximum Gasteiger partial charge on any atom is 0.135 e. The third kappa shape index (κ3) is 1.38. The van der Waals surface area contributed by atoms with Crippen LogP contribution in [-0.4, -0.2) is 12.2 Å². The Morgan fingerprint density at radius 3 is 3.00 bits per heavy atom. The minimum atomic E-state index is 0.286. The minimum Gasteiger partial charge on any atom is -0.507 e. The molecular weight excluding hydrogens is 264 g/mol. The van der Waals surface area contributed by atoms with Crippen LogP contribution in [0.3, 0.4) is 0 Å². The van der Waals surface area contributed by atoms with E-state index in [-0.39, 0.29) is 5.75 Å².